The van der Waals surface area contributed by atoms with Gasteiger partial charge in [0, 0.05) is 23.2 Å². The molecule has 1 heterocycles. The molecule has 0 spiro atoms. The van der Waals surface area contributed by atoms with Crippen LogP contribution in [-0.2, 0) is 4.79 Å². The molecule has 2 bridgehead atoms. The summed E-state index contributed by atoms with van der Waals surface area (Å²) in [6.45, 7) is 11.8. The van der Waals surface area contributed by atoms with Gasteiger partial charge < -0.3 is 15.5 Å². The highest BCUT2D eigenvalue weighted by molar-refractivity contribution is 7.98. The third-order valence-corrected chi connectivity index (χ3v) is 7.55. The van der Waals surface area contributed by atoms with E-state index in [1.165, 1.54) is 0 Å². The van der Waals surface area contributed by atoms with E-state index in [1.807, 2.05) is 37.4 Å². The summed E-state index contributed by atoms with van der Waals surface area (Å²) in [7, 11) is 0. The smallest absolute Gasteiger partial charge is 0.319 e. The standard InChI is InChI=1S/C24H37N3O2S/c1-7-16(2)20(26-22(29)25-17-8-10-19(30-6)11-9-17)21(28)27-15-24(5)13-18(27)12-23(3,4)14-24/h8-11,16,18,20H,7,12-15H2,1-6H3,(H2,25,26,29). The Morgan fingerprint density at radius 3 is 2.47 bits per heavy atom. The second-order valence-corrected chi connectivity index (χ2v) is 11.2. The van der Waals surface area contributed by atoms with Crippen LogP contribution in [0.3, 0.4) is 0 Å². The number of nitrogens with zero attached hydrogens (tertiary/aromatic N) is 1. The van der Waals surface area contributed by atoms with E-state index in [1.54, 1.807) is 11.8 Å². The highest BCUT2D eigenvalue weighted by Gasteiger charge is 2.52. The van der Waals surface area contributed by atoms with Crippen LogP contribution in [0.1, 0.15) is 60.3 Å². The summed E-state index contributed by atoms with van der Waals surface area (Å²) in [4.78, 5) is 29.5. The minimum atomic E-state index is -0.508. The molecule has 1 saturated heterocycles. The van der Waals surface area contributed by atoms with E-state index in [-0.39, 0.29) is 34.7 Å². The first-order valence-corrected chi connectivity index (χ1v) is 12.3. The first kappa shape index (κ1) is 23.0. The van der Waals surface area contributed by atoms with Crippen molar-refractivity contribution in [2.75, 3.05) is 18.1 Å². The number of likely N-dealkylation sites (tertiary alicyclic amines) is 1. The van der Waals surface area contributed by atoms with Crippen LogP contribution in [-0.4, -0.2) is 41.7 Å². The predicted molar refractivity (Wildman–Crippen MR) is 125 cm³/mol. The quantitative estimate of drug-likeness (QED) is 0.595. The first-order chi connectivity index (χ1) is 14.1. The van der Waals surface area contributed by atoms with E-state index in [0.29, 0.717) is 0 Å². The van der Waals surface area contributed by atoms with Gasteiger partial charge in [0.25, 0.3) is 0 Å². The molecule has 4 unspecified atom stereocenters. The Labute approximate surface area is 185 Å². The van der Waals surface area contributed by atoms with E-state index in [2.05, 4.69) is 43.2 Å². The Morgan fingerprint density at radius 2 is 1.87 bits per heavy atom. The maximum Gasteiger partial charge on any atom is 0.319 e. The average Bonchev–Trinajstić information content (AvgIpc) is 2.94. The van der Waals surface area contributed by atoms with Crippen LogP contribution in [0.2, 0.25) is 0 Å². The molecule has 3 rings (SSSR count). The van der Waals surface area contributed by atoms with Crippen molar-refractivity contribution in [3.05, 3.63) is 24.3 Å². The predicted octanol–water partition coefficient (Wildman–Crippen LogP) is 5.37. The fourth-order valence-corrected chi connectivity index (χ4v) is 5.97. The molecule has 2 aliphatic rings. The zero-order chi connectivity index (χ0) is 22.1. The first-order valence-electron chi connectivity index (χ1n) is 11.1. The van der Waals surface area contributed by atoms with Gasteiger partial charge in [-0.05, 0) is 66.5 Å². The molecule has 1 saturated carbocycles. The third kappa shape index (κ3) is 5.13. The van der Waals surface area contributed by atoms with Gasteiger partial charge in [0.15, 0.2) is 0 Å². The van der Waals surface area contributed by atoms with Crippen LogP contribution in [0, 0.1) is 16.7 Å². The summed E-state index contributed by atoms with van der Waals surface area (Å²) < 4.78 is 0. The van der Waals surface area contributed by atoms with Crippen molar-refractivity contribution in [1.82, 2.24) is 10.2 Å². The maximum atomic E-state index is 13.6. The highest BCUT2D eigenvalue weighted by Crippen LogP contribution is 2.52. The van der Waals surface area contributed by atoms with Gasteiger partial charge in [-0.25, -0.2) is 4.79 Å². The zero-order valence-corrected chi connectivity index (χ0v) is 20.1. The minimum Gasteiger partial charge on any atom is -0.337 e. The van der Waals surface area contributed by atoms with Crippen molar-refractivity contribution in [3.63, 3.8) is 0 Å². The number of hydrogen-bond acceptors (Lipinski definition) is 3. The van der Waals surface area contributed by atoms with Gasteiger partial charge in [0.05, 0.1) is 0 Å². The van der Waals surface area contributed by atoms with Crippen LogP contribution in [0.5, 0.6) is 0 Å². The topological polar surface area (TPSA) is 61.4 Å². The van der Waals surface area contributed by atoms with E-state index < -0.39 is 6.04 Å². The van der Waals surface area contributed by atoms with Gasteiger partial charge in [0.1, 0.15) is 6.04 Å². The Morgan fingerprint density at radius 1 is 1.20 bits per heavy atom. The molecule has 1 aliphatic heterocycles. The summed E-state index contributed by atoms with van der Waals surface area (Å²) in [6.07, 6.45) is 6.11. The van der Waals surface area contributed by atoms with Crippen molar-refractivity contribution in [1.29, 1.82) is 0 Å². The zero-order valence-electron chi connectivity index (χ0n) is 19.2. The monoisotopic (exact) mass is 431 g/mol. The molecule has 2 fully saturated rings. The summed E-state index contributed by atoms with van der Waals surface area (Å²) in [6, 6.07) is 7.18. The number of carbonyl (C=O) groups is 2. The molecular formula is C24H37N3O2S. The molecular weight excluding hydrogens is 394 g/mol. The van der Waals surface area contributed by atoms with Crippen molar-refractivity contribution >= 4 is 29.4 Å². The Balaban J connectivity index is 1.71. The average molecular weight is 432 g/mol. The molecule has 6 heteroatoms. The number of carbonyl (C=O) groups excluding carboxylic acids is 2. The molecule has 4 atom stereocenters. The summed E-state index contributed by atoms with van der Waals surface area (Å²) >= 11 is 1.66. The van der Waals surface area contributed by atoms with Crippen LogP contribution in [0.4, 0.5) is 10.5 Å². The second kappa shape index (κ2) is 8.81. The summed E-state index contributed by atoms with van der Waals surface area (Å²) in [5.74, 6) is 0.145. The summed E-state index contributed by atoms with van der Waals surface area (Å²) in [5, 5.41) is 5.87. The van der Waals surface area contributed by atoms with Crippen molar-refractivity contribution < 1.29 is 9.59 Å². The van der Waals surface area contributed by atoms with Gasteiger partial charge in [-0.2, -0.15) is 0 Å². The van der Waals surface area contributed by atoms with Crippen LogP contribution in [0.15, 0.2) is 29.2 Å². The number of rotatable bonds is 6. The lowest BCUT2D eigenvalue weighted by Crippen LogP contribution is -2.54. The van der Waals surface area contributed by atoms with E-state index in [0.717, 1.165) is 42.8 Å². The number of fused-ring (bicyclic) bond motifs is 2. The number of anilines is 1. The molecule has 1 aromatic rings. The summed E-state index contributed by atoms with van der Waals surface area (Å²) in [5.41, 5.74) is 1.17. The molecule has 5 nitrogen and oxygen atoms in total. The van der Waals surface area contributed by atoms with Crippen molar-refractivity contribution in [2.24, 2.45) is 16.7 Å². The number of thioether (sulfide) groups is 1. The lowest BCUT2D eigenvalue weighted by Gasteiger charge is -2.39. The van der Waals surface area contributed by atoms with Gasteiger partial charge in [-0.15, -0.1) is 11.8 Å². The fourth-order valence-electron chi connectivity index (χ4n) is 5.56. The Kier molecular flexibility index (Phi) is 6.75. The third-order valence-electron chi connectivity index (χ3n) is 6.81. The number of amides is 3. The number of benzene rings is 1. The van der Waals surface area contributed by atoms with Crippen LogP contribution < -0.4 is 10.6 Å². The molecule has 166 valence electrons. The lowest BCUT2D eigenvalue weighted by molar-refractivity contribution is -0.135. The van der Waals surface area contributed by atoms with Gasteiger partial charge in [-0.1, -0.05) is 41.0 Å². The van der Waals surface area contributed by atoms with E-state index in [9.17, 15) is 9.59 Å². The largest absolute Gasteiger partial charge is 0.337 e. The van der Waals surface area contributed by atoms with Gasteiger partial charge >= 0.3 is 6.03 Å². The highest BCUT2D eigenvalue weighted by atomic mass is 32.2. The van der Waals surface area contributed by atoms with Gasteiger partial charge in [-0.3, -0.25) is 4.79 Å². The molecule has 2 N–H and O–H groups in total. The molecule has 1 aliphatic carbocycles. The second-order valence-electron chi connectivity index (χ2n) is 10.4. The molecule has 1 aromatic carbocycles. The Bertz CT molecular complexity index is 779. The van der Waals surface area contributed by atoms with Crippen molar-refractivity contribution in [3.8, 4) is 0 Å². The maximum absolute atomic E-state index is 13.6. The van der Waals surface area contributed by atoms with E-state index in [4.69, 9.17) is 0 Å². The van der Waals surface area contributed by atoms with E-state index >= 15 is 0 Å². The normalized spacial score (nSPS) is 26.7. The molecule has 0 aromatic heterocycles. The van der Waals surface area contributed by atoms with Gasteiger partial charge in [0.2, 0.25) is 5.91 Å². The Hall–Kier alpha value is -1.69. The minimum absolute atomic E-state index is 0.0726. The van der Waals surface area contributed by atoms with Crippen LogP contribution in [0.25, 0.3) is 0 Å². The fraction of sp³-hybridized carbons (Fsp3) is 0.667. The van der Waals surface area contributed by atoms with Crippen LogP contribution >= 0.6 is 11.8 Å². The molecule has 30 heavy (non-hydrogen) atoms. The SMILES string of the molecule is CCC(C)C(NC(=O)Nc1ccc(SC)cc1)C(=O)N1CC2(C)CC1CC(C)(C)C2. The number of urea groups is 1. The van der Waals surface area contributed by atoms with Crippen molar-refractivity contribution in [2.45, 2.75) is 77.3 Å². The molecule has 0 radical (unpaired) electrons. The number of hydrogen-bond donors (Lipinski definition) is 2. The lowest BCUT2D eigenvalue weighted by atomic mass is 9.65. The number of nitrogens with one attached hydrogen (secondary N) is 2. The molecule has 3 amide bonds.